The molecule has 9 atom stereocenters. The number of fused-ring (bicyclic) bond motifs is 1. The van der Waals surface area contributed by atoms with E-state index in [1.54, 1.807) is 68.4 Å². The molecular weight excluding hydrogens is 863 g/mol. The number of aromatic nitrogens is 4. The minimum absolute atomic E-state index is 0.00178. The van der Waals surface area contributed by atoms with E-state index in [2.05, 4.69) is 51.8 Å². The van der Waals surface area contributed by atoms with Crippen molar-refractivity contribution >= 4 is 58.3 Å². The van der Waals surface area contributed by atoms with Gasteiger partial charge in [0.25, 0.3) is 0 Å². The van der Waals surface area contributed by atoms with Crippen LogP contribution in [0, 0.1) is 5.92 Å². The van der Waals surface area contributed by atoms with Gasteiger partial charge in [-0.1, -0.05) is 56.3 Å². The molecule has 0 bridgehead atoms. The Morgan fingerprint density at radius 3 is 2.30 bits per heavy atom. The average molecular weight is 916 g/mol. The molecule has 2 unspecified atom stereocenters. The molecule has 2 aliphatic rings. The molecule has 0 aliphatic carbocycles. The molecule has 352 valence electrons. The van der Waals surface area contributed by atoms with Crippen LogP contribution in [0.2, 0.25) is 0 Å². The number of benzene rings is 2. The summed E-state index contributed by atoms with van der Waals surface area (Å²) in [6, 6.07) is 10.5. The van der Waals surface area contributed by atoms with E-state index in [1.807, 2.05) is 0 Å². The zero-order valence-corrected chi connectivity index (χ0v) is 36.2. The lowest BCUT2D eigenvalue weighted by Gasteiger charge is -2.43. The Morgan fingerprint density at radius 2 is 1.62 bits per heavy atom. The Balaban J connectivity index is 0.991. The van der Waals surface area contributed by atoms with E-state index < -0.39 is 97.2 Å². The third-order valence-corrected chi connectivity index (χ3v) is 10.8. The highest BCUT2D eigenvalue weighted by Crippen LogP contribution is 2.25. The van der Waals surface area contributed by atoms with Crippen molar-refractivity contribution in [1.82, 2.24) is 46.1 Å². The first-order valence-electron chi connectivity index (χ1n) is 21.1. The number of H-pyrrole nitrogens is 1. The number of carbonyl (C=O) groups excluding carboxylic acids is 6. The Bertz CT molecular complexity index is 2360. The van der Waals surface area contributed by atoms with Crippen LogP contribution in [0.15, 0.2) is 79.4 Å². The second kappa shape index (κ2) is 22.2. The number of aliphatic hydroxyl groups excluding tert-OH is 4. The van der Waals surface area contributed by atoms with Gasteiger partial charge in [-0.2, -0.15) is 0 Å². The lowest BCUT2D eigenvalue weighted by molar-refractivity contribution is -0.185. The van der Waals surface area contributed by atoms with Crippen molar-refractivity contribution in [2.45, 2.75) is 95.2 Å². The highest BCUT2D eigenvalue weighted by molar-refractivity contribution is 5.98. The number of nitrogens with zero attached hydrogens (tertiary/aromatic N) is 4. The number of aromatic amines is 1. The highest BCUT2D eigenvalue weighted by Gasteiger charge is 2.46. The molecule has 11 N–H and O–H groups in total. The van der Waals surface area contributed by atoms with Crippen LogP contribution in [0.1, 0.15) is 38.3 Å². The Hall–Kier alpha value is -7.05. The molecule has 2 aliphatic heterocycles. The van der Waals surface area contributed by atoms with Gasteiger partial charge >= 0.3 is 6.09 Å². The van der Waals surface area contributed by atoms with Crippen LogP contribution >= 0.6 is 0 Å². The standard InChI is InChI=1S/C43H53N11O12/c1-22(2)32(51-29(56)15-16-54-30(57)13-14-31(54)58)41(63)48-23(3)39(61)49-26-11-9-25(10-12-26)19-65-43(64)50-27(17-24-7-5-4-6-8-24)40(62)52-33-28(18-55)66-42(36(60)35(33)59)53-38-34-37(45-20-44-34)46-21-47-38/h4-14,20-23,27-28,30,32-33,35-36,42,55,57,59-60H,15-19H2,1-3H3,(H,48,63)(H,49,61)(H,50,64)(H,51,56)(H,52,62)(H2,44,45,46,47,53)/t23-,27-,28-,30?,32-,33?,35+,36-,42-/m0/s1. The maximum Gasteiger partial charge on any atom is 0.408 e. The maximum absolute atomic E-state index is 13.8. The minimum atomic E-state index is -1.65. The number of imidazole rings is 1. The van der Waals surface area contributed by atoms with E-state index in [-0.39, 0.29) is 37.7 Å². The summed E-state index contributed by atoms with van der Waals surface area (Å²) in [5, 5.41) is 58.3. The number of rotatable bonds is 19. The molecule has 2 aromatic carbocycles. The van der Waals surface area contributed by atoms with Crippen LogP contribution in [0.4, 0.5) is 16.3 Å². The zero-order valence-electron chi connectivity index (χ0n) is 36.2. The topological polar surface area (TPSA) is 332 Å². The Kier molecular flexibility index (Phi) is 16.3. The van der Waals surface area contributed by atoms with Crippen molar-refractivity contribution in [1.29, 1.82) is 0 Å². The first-order chi connectivity index (χ1) is 31.6. The summed E-state index contributed by atoms with van der Waals surface area (Å²) in [4.78, 5) is 93.8. The molecule has 4 aromatic rings. The highest BCUT2D eigenvalue weighted by atomic mass is 16.6. The summed E-state index contributed by atoms with van der Waals surface area (Å²) in [5.41, 5.74) is 2.30. The fourth-order valence-corrected chi connectivity index (χ4v) is 7.13. The first kappa shape index (κ1) is 48.4. The van der Waals surface area contributed by atoms with Gasteiger partial charge in [0.05, 0.1) is 19.0 Å². The summed E-state index contributed by atoms with van der Waals surface area (Å²) in [6.45, 7) is 3.96. The van der Waals surface area contributed by atoms with Crippen LogP contribution in [0.3, 0.4) is 0 Å². The van der Waals surface area contributed by atoms with Crippen LogP contribution in [-0.2, 0) is 46.5 Å². The van der Waals surface area contributed by atoms with Gasteiger partial charge in [0.15, 0.2) is 17.7 Å². The molecule has 1 fully saturated rings. The molecule has 0 saturated carbocycles. The van der Waals surface area contributed by atoms with Gasteiger partial charge in [-0.05, 0) is 42.2 Å². The SMILES string of the molecule is CC(C)[C@H](NC(=O)CCN1C(=O)C=CC1O)C(=O)N[C@@H](C)C(=O)Nc1ccc(COC(=O)N[C@@H](Cc2ccccc2)C(=O)NC2[C@H](CO)O[C@H](Nc3ncnc4nc[nH]c34)[C@@H](O)[C@@H]2O)cc1. The van der Waals surface area contributed by atoms with Crippen molar-refractivity contribution < 1.29 is 58.7 Å². The summed E-state index contributed by atoms with van der Waals surface area (Å²) in [5.74, 6) is -3.00. The van der Waals surface area contributed by atoms with Crippen LogP contribution in [0.25, 0.3) is 11.2 Å². The summed E-state index contributed by atoms with van der Waals surface area (Å²) < 4.78 is 11.3. The quantitative estimate of drug-likeness (QED) is 0.0533. The zero-order chi connectivity index (χ0) is 47.5. The van der Waals surface area contributed by atoms with E-state index in [0.717, 1.165) is 4.90 Å². The van der Waals surface area contributed by atoms with E-state index >= 15 is 0 Å². The molecule has 6 amide bonds. The number of amides is 6. The van der Waals surface area contributed by atoms with E-state index in [9.17, 15) is 49.2 Å². The molecule has 0 radical (unpaired) electrons. The number of alkyl carbamates (subject to hydrolysis) is 1. The van der Waals surface area contributed by atoms with Gasteiger partial charge in [-0.15, -0.1) is 0 Å². The number of nitrogens with one attached hydrogen (secondary N) is 7. The molecular formula is C43H53N11O12. The molecule has 23 heteroatoms. The largest absolute Gasteiger partial charge is 0.445 e. The van der Waals surface area contributed by atoms with E-state index in [0.29, 0.717) is 28.0 Å². The number of hydrogen-bond donors (Lipinski definition) is 11. The van der Waals surface area contributed by atoms with Crippen molar-refractivity contribution in [2.75, 3.05) is 23.8 Å². The predicted octanol–water partition coefficient (Wildman–Crippen LogP) is -1.08. The molecule has 66 heavy (non-hydrogen) atoms. The lowest BCUT2D eigenvalue weighted by atomic mass is 9.94. The molecule has 4 heterocycles. The fourth-order valence-electron chi connectivity index (χ4n) is 7.13. The number of anilines is 2. The minimum Gasteiger partial charge on any atom is -0.445 e. The summed E-state index contributed by atoms with van der Waals surface area (Å²) in [7, 11) is 0. The number of hydrogen-bond acceptors (Lipinski definition) is 16. The summed E-state index contributed by atoms with van der Waals surface area (Å²) >= 11 is 0. The van der Waals surface area contributed by atoms with Crippen LogP contribution in [-0.4, -0.2) is 149 Å². The van der Waals surface area contributed by atoms with Crippen LogP contribution < -0.4 is 31.9 Å². The van der Waals surface area contributed by atoms with Crippen molar-refractivity contribution in [3.8, 4) is 0 Å². The van der Waals surface area contributed by atoms with Gasteiger partial charge in [0, 0.05) is 31.1 Å². The second-order valence-corrected chi connectivity index (χ2v) is 16.0. The fraction of sp³-hybridized carbons (Fsp3) is 0.419. The van der Waals surface area contributed by atoms with Gasteiger partial charge < -0.3 is 71.7 Å². The third kappa shape index (κ3) is 12.4. The van der Waals surface area contributed by atoms with Gasteiger partial charge in [-0.3, -0.25) is 24.0 Å². The van der Waals surface area contributed by atoms with Gasteiger partial charge in [-0.25, -0.2) is 19.7 Å². The monoisotopic (exact) mass is 915 g/mol. The maximum atomic E-state index is 13.8. The van der Waals surface area contributed by atoms with Gasteiger partial charge in [0.2, 0.25) is 29.5 Å². The third-order valence-electron chi connectivity index (χ3n) is 10.8. The second-order valence-electron chi connectivity index (χ2n) is 16.0. The van der Waals surface area contributed by atoms with Gasteiger partial charge in [0.1, 0.15) is 61.1 Å². The van der Waals surface area contributed by atoms with E-state index in [4.69, 9.17) is 9.47 Å². The lowest BCUT2D eigenvalue weighted by Crippen LogP contribution is -2.67. The van der Waals surface area contributed by atoms with Crippen molar-refractivity contribution in [2.24, 2.45) is 5.92 Å². The molecule has 23 nitrogen and oxygen atoms in total. The van der Waals surface area contributed by atoms with E-state index in [1.165, 1.54) is 31.7 Å². The molecule has 0 spiro atoms. The smallest absolute Gasteiger partial charge is 0.408 e. The number of carbonyl (C=O) groups is 6. The average Bonchev–Trinajstić information content (AvgIpc) is 3.92. The van der Waals surface area contributed by atoms with Crippen LogP contribution in [0.5, 0.6) is 0 Å². The molecule has 2 aromatic heterocycles. The number of aliphatic hydroxyl groups is 4. The summed E-state index contributed by atoms with van der Waals surface area (Å²) in [6.07, 6.45) is -2.81. The molecule has 1 saturated heterocycles. The van der Waals surface area contributed by atoms with Crippen molar-refractivity contribution in [3.63, 3.8) is 0 Å². The Morgan fingerprint density at radius 1 is 0.879 bits per heavy atom. The Labute approximate surface area is 377 Å². The first-order valence-corrected chi connectivity index (χ1v) is 21.1. The predicted molar refractivity (Wildman–Crippen MR) is 233 cm³/mol. The van der Waals surface area contributed by atoms with Crippen molar-refractivity contribution in [3.05, 3.63) is 90.5 Å². The number of ether oxygens (including phenoxy) is 2. The normalized spacial score (nSPS) is 21.7. The molecule has 6 rings (SSSR count).